The Hall–Kier alpha value is -2.03. The number of ether oxygens (including phenoxy) is 1. The number of aromatic nitrogens is 2. The molecule has 1 heterocycles. The van der Waals surface area contributed by atoms with E-state index in [2.05, 4.69) is 15.3 Å². The Kier molecular flexibility index (Phi) is 4.10. The van der Waals surface area contributed by atoms with Crippen molar-refractivity contribution in [2.45, 2.75) is 38.8 Å². The van der Waals surface area contributed by atoms with Crippen LogP contribution in [0.3, 0.4) is 0 Å². The SMILES string of the molecule is CC(C)(C)OC(=O)N[C@@H](C#N)Cc1cnc[nH]1. The lowest BCUT2D eigenvalue weighted by Gasteiger charge is -2.20. The minimum atomic E-state index is -0.634. The molecule has 0 saturated heterocycles. The molecule has 2 N–H and O–H groups in total. The highest BCUT2D eigenvalue weighted by molar-refractivity contribution is 5.68. The summed E-state index contributed by atoms with van der Waals surface area (Å²) < 4.78 is 5.06. The Morgan fingerprint density at radius 2 is 2.41 bits per heavy atom. The summed E-state index contributed by atoms with van der Waals surface area (Å²) in [6, 6.07) is 1.36. The van der Waals surface area contributed by atoms with Crippen molar-refractivity contribution in [1.29, 1.82) is 5.26 Å². The first kappa shape index (κ1) is 13.0. The molecule has 1 rings (SSSR count). The molecule has 0 aliphatic heterocycles. The van der Waals surface area contributed by atoms with Gasteiger partial charge in [-0.3, -0.25) is 0 Å². The zero-order valence-corrected chi connectivity index (χ0v) is 10.2. The molecule has 0 bridgehead atoms. The molecular formula is C11H16N4O2. The van der Waals surface area contributed by atoms with Crippen molar-refractivity contribution in [3.05, 3.63) is 18.2 Å². The highest BCUT2D eigenvalue weighted by Crippen LogP contribution is 2.07. The normalized spacial score (nSPS) is 12.6. The number of carbonyl (C=O) groups excluding carboxylic acids is 1. The van der Waals surface area contributed by atoms with Gasteiger partial charge in [-0.15, -0.1) is 0 Å². The summed E-state index contributed by atoms with van der Waals surface area (Å²) in [5.41, 5.74) is 0.213. The predicted octanol–water partition coefficient (Wildman–Crippen LogP) is 1.37. The minimum Gasteiger partial charge on any atom is -0.444 e. The average Bonchev–Trinajstić information content (AvgIpc) is 2.66. The van der Waals surface area contributed by atoms with Crippen LogP contribution in [0.2, 0.25) is 0 Å². The number of alkyl carbamates (subject to hydrolysis) is 1. The zero-order valence-electron chi connectivity index (χ0n) is 10.2. The van der Waals surface area contributed by atoms with Crippen LogP contribution in [0.25, 0.3) is 0 Å². The van der Waals surface area contributed by atoms with Crippen molar-refractivity contribution in [3.8, 4) is 6.07 Å². The lowest BCUT2D eigenvalue weighted by atomic mass is 10.2. The summed E-state index contributed by atoms with van der Waals surface area (Å²) in [5.74, 6) is 0. The molecule has 0 saturated carbocycles. The van der Waals surface area contributed by atoms with Crippen molar-refractivity contribution in [3.63, 3.8) is 0 Å². The van der Waals surface area contributed by atoms with Gasteiger partial charge < -0.3 is 15.0 Å². The summed E-state index contributed by atoms with van der Waals surface area (Å²) in [6.45, 7) is 5.30. The zero-order chi connectivity index (χ0) is 12.9. The summed E-state index contributed by atoms with van der Waals surface area (Å²) in [6.07, 6.45) is 2.91. The fraction of sp³-hybridized carbons (Fsp3) is 0.545. The third-order valence-corrected chi connectivity index (χ3v) is 1.83. The Morgan fingerprint density at radius 3 is 2.88 bits per heavy atom. The lowest BCUT2D eigenvalue weighted by molar-refractivity contribution is 0.0516. The summed E-state index contributed by atoms with van der Waals surface area (Å²) in [7, 11) is 0. The molecule has 92 valence electrons. The van der Waals surface area contributed by atoms with Gasteiger partial charge in [0.25, 0.3) is 0 Å². The molecule has 0 aliphatic rings. The molecule has 0 aliphatic carbocycles. The molecule has 6 heteroatoms. The molecular weight excluding hydrogens is 220 g/mol. The molecule has 17 heavy (non-hydrogen) atoms. The number of hydrogen-bond acceptors (Lipinski definition) is 4. The van der Waals surface area contributed by atoms with E-state index < -0.39 is 17.7 Å². The van der Waals surface area contributed by atoms with Gasteiger partial charge in [-0.1, -0.05) is 0 Å². The predicted molar refractivity (Wildman–Crippen MR) is 61.1 cm³/mol. The van der Waals surface area contributed by atoms with Gasteiger partial charge in [0.05, 0.1) is 12.4 Å². The number of aromatic amines is 1. The summed E-state index contributed by atoms with van der Waals surface area (Å²) in [4.78, 5) is 18.2. The second kappa shape index (κ2) is 5.34. The minimum absolute atomic E-state index is 0.371. The fourth-order valence-corrected chi connectivity index (χ4v) is 1.19. The van der Waals surface area contributed by atoms with Gasteiger partial charge in [0.15, 0.2) is 0 Å². The van der Waals surface area contributed by atoms with Gasteiger partial charge in [0.2, 0.25) is 0 Å². The summed E-state index contributed by atoms with van der Waals surface area (Å²) >= 11 is 0. The average molecular weight is 236 g/mol. The highest BCUT2D eigenvalue weighted by Gasteiger charge is 2.19. The van der Waals surface area contributed by atoms with Crippen LogP contribution < -0.4 is 5.32 Å². The highest BCUT2D eigenvalue weighted by atomic mass is 16.6. The largest absolute Gasteiger partial charge is 0.444 e. The number of H-pyrrole nitrogens is 1. The van der Waals surface area contributed by atoms with Gasteiger partial charge in [-0.25, -0.2) is 9.78 Å². The number of rotatable bonds is 3. The van der Waals surface area contributed by atoms with E-state index in [0.29, 0.717) is 6.42 Å². The number of hydrogen-bond donors (Lipinski definition) is 2. The number of carbonyl (C=O) groups is 1. The first-order valence-corrected chi connectivity index (χ1v) is 5.27. The maximum Gasteiger partial charge on any atom is 0.408 e. The molecule has 6 nitrogen and oxygen atoms in total. The molecule has 0 aromatic carbocycles. The van der Waals surface area contributed by atoms with Crippen LogP contribution >= 0.6 is 0 Å². The summed E-state index contributed by atoms with van der Waals surface area (Å²) in [5, 5.41) is 11.4. The van der Waals surface area contributed by atoms with E-state index in [1.54, 1.807) is 27.0 Å². The molecule has 0 fully saturated rings. The van der Waals surface area contributed by atoms with Crippen LogP contribution in [0.15, 0.2) is 12.5 Å². The monoisotopic (exact) mass is 236 g/mol. The van der Waals surface area contributed by atoms with Crippen LogP contribution in [0, 0.1) is 11.3 Å². The van der Waals surface area contributed by atoms with E-state index in [1.807, 2.05) is 6.07 Å². The van der Waals surface area contributed by atoms with Gasteiger partial charge in [0, 0.05) is 18.3 Å². The molecule has 0 unspecified atom stereocenters. The van der Waals surface area contributed by atoms with Gasteiger partial charge in [0.1, 0.15) is 11.6 Å². The standard InChI is InChI=1S/C11H16N4O2/c1-11(2,3)17-10(16)15-8(5-12)4-9-6-13-7-14-9/h6-8H,4H2,1-3H3,(H,13,14)(H,15,16)/t8-/m1/s1. The van der Waals surface area contributed by atoms with Gasteiger partial charge >= 0.3 is 6.09 Å². The van der Waals surface area contributed by atoms with Crippen molar-refractivity contribution in [2.24, 2.45) is 0 Å². The topological polar surface area (TPSA) is 90.8 Å². The molecule has 1 aromatic rings. The number of imidazole rings is 1. The second-order valence-corrected chi connectivity index (χ2v) is 4.61. The third-order valence-electron chi connectivity index (χ3n) is 1.83. The number of amides is 1. The quantitative estimate of drug-likeness (QED) is 0.829. The van der Waals surface area contributed by atoms with Crippen molar-refractivity contribution in [1.82, 2.24) is 15.3 Å². The van der Waals surface area contributed by atoms with Crippen LogP contribution in [0.1, 0.15) is 26.5 Å². The third kappa shape index (κ3) is 5.02. The van der Waals surface area contributed by atoms with Gasteiger partial charge in [-0.05, 0) is 20.8 Å². The van der Waals surface area contributed by atoms with E-state index >= 15 is 0 Å². The van der Waals surface area contributed by atoms with Crippen LogP contribution in [0.5, 0.6) is 0 Å². The molecule has 0 spiro atoms. The van der Waals surface area contributed by atoms with E-state index in [4.69, 9.17) is 10.00 Å². The number of nitriles is 1. The fourth-order valence-electron chi connectivity index (χ4n) is 1.19. The van der Waals surface area contributed by atoms with Crippen LogP contribution in [-0.2, 0) is 11.2 Å². The van der Waals surface area contributed by atoms with Crippen molar-refractivity contribution in [2.75, 3.05) is 0 Å². The van der Waals surface area contributed by atoms with Crippen LogP contribution in [0.4, 0.5) is 4.79 Å². The van der Waals surface area contributed by atoms with E-state index in [-0.39, 0.29) is 0 Å². The van der Waals surface area contributed by atoms with Crippen molar-refractivity contribution < 1.29 is 9.53 Å². The maximum atomic E-state index is 11.4. The Morgan fingerprint density at radius 1 is 1.71 bits per heavy atom. The molecule has 1 amide bonds. The van der Waals surface area contributed by atoms with Crippen molar-refractivity contribution >= 4 is 6.09 Å². The molecule has 1 aromatic heterocycles. The maximum absolute atomic E-state index is 11.4. The first-order valence-electron chi connectivity index (χ1n) is 5.27. The molecule has 0 radical (unpaired) electrons. The Bertz CT molecular complexity index is 400. The van der Waals surface area contributed by atoms with E-state index in [1.165, 1.54) is 6.33 Å². The Labute approximate surface area is 100.0 Å². The number of nitrogens with zero attached hydrogens (tertiary/aromatic N) is 2. The lowest BCUT2D eigenvalue weighted by Crippen LogP contribution is -2.39. The van der Waals surface area contributed by atoms with Crippen LogP contribution in [-0.4, -0.2) is 27.7 Å². The number of nitrogens with one attached hydrogen (secondary N) is 2. The molecule has 1 atom stereocenters. The van der Waals surface area contributed by atoms with E-state index in [0.717, 1.165) is 5.69 Å². The van der Waals surface area contributed by atoms with E-state index in [9.17, 15) is 4.79 Å². The van der Waals surface area contributed by atoms with Gasteiger partial charge in [-0.2, -0.15) is 5.26 Å². The second-order valence-electron chi connectivity index (χ2n) is 4.61. The smallest absolute Gasteiger partial charge is 0.408 e. The first-order chi connectivity index (χ1) is 7.90. The Balaban J connectivity index is 2.48.